The Morgan fingerprint density at radius 2 is 1.61 bits per heavy atom. The first-order valence-electron chi connectivity index (χ1n) is 7.61. The van der Waals surface area contributed by atoms with Crippen LogP contribution in [-0.4, -0.2) is 109 Å². The van der Waals surface area contributed by atoms with Gasteiger partial charge in [0.05, 0.1) is 45.7 Å². The van der Waals surface area contributed by atoms with Crippen molar-refractivity contribution in [3.63, 3.8) is 0 Å². The molecule has 2 aliphatic rings. The van der Waals surface area contributed by atoms with Crippen LogP contribution in [0.15, 0.2) is 0 Å². The molecule has 0 saturated carbocycles. The van der Waals surface area contributed by atoms with Crippen LogP contribution in [0, 0.1) is 0 Å². The highest BCUT2D eigenvalue weighted by molar-refractivity contribution is 6.53. The number of hydrogen-bond acceptors (Lipinski definition) is 9. The first-order chi connectivity index (χ1) is 11.1. The van der Waals surface area contributed by atoms with E-state index in [4.69, 9.17) is 33.6 Å². The van der Waals surface area contributed by atoms with Crippen LogP contribution < -0.4 is 0 Å². The van der Waals surface area contributed by atoms with Gasteiger partial charge in [-0.05, 0) is 0 Å². The summed E-state index contributed by atoms with van der Waals surface area (Å²) in [6, 6.07) is 0. The van der Waals surface area contributed by atoms with Crippen LogP contribution in [0.2, 0.25) is 0 Å². The van der Waals surface area contributed by atoms with Crippen molar-refractivity contribution >= 4 is 6.96 Å². The van der Waals surface area contributed by atoms with E-state index in [0.29, 0.717) is 0 Å². The van der Waals surface area contributed by atoms with E-state index in [1.54, 1.807) is 0 Å². The molecule has 0 radical (unpaired) electrons. The second-order valence-electron chi connectivity index (χ2n) is 5.58. The van der Waals surface area contributed by atoms with Crippen molar-refractivity contribution in [3.8, 4) is 0 Å². The average Bonchev–Trinajstić information content (AvgIpc) is 3.14. The molecule has 0 aromatic carbocycles. The van der Waals surface area contributed by atoms with Gasteiger partial charge in [0.15, 0.2) is 6.10 Å². The highest BCUT2D eigenvalue weighted by Gasteiger charge is 2.55. The monoisotopic (exact) mass is 340 g/mol. The van der Waals surface area contributed by atoms with Gasteiger partial charge >= 0.3 is 6.96 Å². The third-order valence-corrected chi connectivity index (χ3v) is 3.41. The lowest BCUT2D eigenvalue weighted by Crippen LogP contribution is -2.44. The number of rotatable bonds is 10. The summed E-state index contributed by atoms with van der Waals surface area (Å²) < 4.78 is 31.4. The Kier molecular flexibility index (Phi) is 7.62. The molecule has 23 heavy (non-hydrogen) atoms. The highest BCUT2D eigenvalue weighted by atomic mass is 16.9. The van der Waals surface area contributed by atoms with E-state index in [1.807, 2.05) is 0 Å². The van der Waals surface area contributed by atoms with E-state index < -0.39 is 19.2 Å². The van der Waals surface area contributed by atoms with Gasteiger partial charge in [0.2, 0.25) is 0 Å². The average molecular weight is 340 g/mol. The molecule has 0 bridgehead atoms. The van der Waals surface area contributed by atoms with E-state index in [0.717, 1.165) is 0 Å². The minimum atomic E-state index is -2.16. The van der Waals surface area contributed by atoms with Crippen LogP contribution in [0.3, 0.4) is 0 Å². The third kappa shape index (κ3) is 5.91. The fraction of sp³-hybridized carbons (Fsp3) is 1.00. The maximum atomic E-state index is 9.18. The standard InChI is InChI=1S/C12H25BO10/c14-1-9(16)3-18-5-11-7-20-13(22-11)21-8-12(23-13)6-19-4-10(17)2-15/h9-12,14-17,22H,1-8H2. The largest absolute Gasteiger partial charge is 0.730 e. The molecule has 2 rings (SSSR count). The highest BCUT2D eigenvalue weighted by Crippen LogP contribution is 2.26. The maximum absolute atomic E-state index is 9.18. The van der Waals surface area contributed by atoms with Crippen molar-refractivity contribution in [2.45, 2.75) is 24.4 Å². The fourth-order valence-corrected chi connectivity index (χ4v) is 2.25. The van der Waals surface area contributed by atoms with Crippen molar-refractivity contribution in [1.82, 2.24) is 0 Å². The van der Waals surface area contributed by atoms with Gasteiger partial charge in [0.25, 0.3) is 0 Å². The molecule has 2 saturated heterocycles. The normalized spacial score (nSPS) is 33.4. The van der Waals surface area contributed by atoms with Crippen LogP contribution in [0.4, 0.5) is 0 Å². The Morgan fingerprint density at radius 1 is 1.00 bits per heavy atom. The quantitative estimate of drug-likeness (QED) is 0.236. The van der Waals surface area contributed by atoms with Crippen molar-refractivity contribution in [1.29, 1.82) is 0 Å². The summed E-state index contributed by atoms with van der Waals surface area (Å²) in [6.45, 7) is -1.87. The summed E-state index contributed by atoms with van der Waals surface area (Å²) in [5.41, 5.74) is 0. The third-order valence-electron chi connectivity index (χ3n) is 3.41. The summed E-state index contributed by atoms with van der Waals surface area (Å²) in [5.74, 6) is 0. The van der Waals surface area contributed by atoms with Gasteiger partial charge < -0.3 is 48.5 Å². The Labute approximate surface area is 133 Å². The molecule has 2 heterocycles. The van der Waals surface area contributed by atoms with Crippen molar-refractivity contribution in [2.24, 2.45) is 0 Å². The number of hydrogen-bond donors (Lipinski definition) is 4. The lowest BCUT2D eigenvalue weighted by atomic mass is 10.1. The molecule has 5 atom stereocenters. The van der Waals surface area contributed by atoms with Gasteiger partial charge in [0, 0.05) is 6.61 Å². The van der Waals surface area contributed by atoms with Crippen LogP contribution in [0.5, 0.6) is 0 Å². The topological polar surface area (TPSA) is 140 Å². The Hall–Kier alpha value is -0.335. The van der Waals surface area contributed by atoms with Crippen LogP contribution in [0.25, 0.3) is 0 Å². The first-order valence-corrected chi connectivity index (χ1v) is 7.61. The van der Waals surface area contributed by atoms with Gasteiger partial charge in [-0.1, -0.05) is 0 Å². The van der Waals surface area contributed by atoms with Crippen molar-refractivity contribution in [3.05, 3.63) is 0 Å². The maximum Gasteiger partial charge on any atom is 0.730 e. The van der Waals surface area contributed by atoms with E-state index in [1.165, 1.54) is 0 Å². The Morgan fingerprint density at radius 3 is 2.26 bits per heavy atom. The molecule has 5 unspecified atom stereocenters. The number of aliphatic hydroxyl groups is 5. The van der Waals surface area contributed by atoms with E-state index in [2.05, 4.69) is 4.65 Å². The molecule has 2 fully saturated rings. The lowest BCUT2D eigenvalue weighted by molar-refractivity contribution is -0.0757. The van der Waals surface area contributed by atoms with E-state index >= 15 is 0 Å². The zero-order chi connectivity index (χ0) is 16.7. The lowest BCUT2D eigenvalue weighted by Gasteiger charge is -2.23. The van der Waals surface area contributed by atoms with Gasteiger partial charge in [-0.3, -0.25) is 0 Å². The van der Waals surface area contributed by atoms with Crippen molar-refractivity contribution < 1.29 is 48.5 Å². The summed E-state index contributed by atoms with van der Waals surface area (Å²) >= 11 is 0. The van der Waals surface area contributed by atoms with E-state index in [-0.39, 0.29) is 65.1 Å². The number of aliphatic hydroxyl groups excluding tert-OH is 4. The molecule has 0 aromatic heterocycles. The Bertz CT molecular complexity index is 314. The molecule has 2 aliphatic heterocycles. The zero-order valence-electron chi connectivity index (χ0n) is 12.8. The summed E-state index contributed by atoms with van der Waals surface area (Å²) in [6.07, 6.45) is -2.45. The molecule has 0 aromatic rings. The minimum Gasteiger partial charge on any atom is -0.599 e. The van der Waals surface area contributed by atoms with Gasteiger partial charge in [-0.2, -0.15) is 0 Å². The summed E-state index contributed by atoms with van der Waals surface area (Å²) in [5, 5.41) is 35.7. The summed E-state index contributed by atoms with van der Waals surface area (Å²) in [7, 11) is 0. The molecule has 0 amide bonds. The zero-order valence-corrected chi connectivity index (χ0v) is 12.8. The van der Waals surface area contributed by atoms with E-state index in [9.17, 15) is 10.2 Å². The second kappa shape index (κ2) is 9.23. The molecule has 11 heteroatoms. The predicted molar refractivity (Wildman–Crippen MR) is 76.4 cm³/mol. The predicted octanol–water partition coefficient (Wildman–Crippen LogP) is -3.50. The molecular formula is C12H25BO10. The molecular weight excluding hydrogens is 315 g/mol. The molecule has 0 aliphatic carbocycles. The minimum absolute atomic E-state index is 0.0119. The smallest absolute Gasteiger partial charge is 0.599 e. The summed E-state index contributed by atoms with van der Waals surface area (Å²) in [4.78, 5) is 0. The molecule has 10 nitrogen and oxygen atoms in total. The van der Waals surface area contributed by atoms with Gasteiger partial charge in [-0.25, -0.2) is 0 Å². The van der Waals surface area contributed by atoms with Gasteiger partial charge in [-0.15, -0.1) is 0 Å². The SMILES string of the molecule is OCC(O)COCC1CO[B-]2(OCC(COCC(O)CO)[OH+]2)O1. The number of ether oxygens (including phenoxy) is 2. The van der Waals surface area contributed by atoms with Crippen LogP contribution >= 0.6 is 0 Å². The molecule has 136 valence electrons. The van der Waals surface area contributed by atoms with Crippen LogP contribution in [-0.2, 0) is 23.4 Å². The molecule has 5 N–H and O–H groups in total. The van der Waals surface area contributed by atoms with Gasteiger partial charge in [0.1, 0.15) is 18.8 Å². The first kappa shape index (κ1) is 19.0. The Balaban J connectivity index is 1.63. The van der Waals surface area contributed by atoms with Crippen molar-refractivity contribution in [2.75, 3.05) is 52.9 Å². The van der Waals surface area contributed by atoms with Crippen LogP contribution in [0.1, 0.15) is 0 Å². The second-order valence-corrected chi connectivity index (χ2v) is 5.58. The molecule has 1 spiro atoms. The fourth-order valence-electron chi connectivity index (χ4n) is 2.25.